The van der Waals surface area contributed by atoms with E-state index < -0.39 is 29.8 Å². The van der Waals surface area contributed by atoms with Crippen molar-refractivity contribution in [3.8, 4) is 11.4 Å². The second-order valence-electron chi connectivity index (χ2n) is 7.99. The summed E-state index contributed by atoms with van der Waals surface area (Å²) < 4.78 is 9.89. The molecule has 1 aromatic heterocycles. The van der Waals surface area contributed by atoms with Gasteiger partial charge in [-0.3, -0.25) is 23.9 Å². The molecule has 2 atom stereocenters. The van der Waals surface area contributed by atoms with E-state index in [0.29, 0.717) is 22.5 Å². The molecule has 0 spiro atoms. The molecule has 1 aliphatic rings. The van der Waals surface area contributed by atoms with Crippen molar-refractivity contribution >= 4 is 29.1 Å². The van der Waals surface area contributed by atoms with Gasteiger partial charge in [0.15, 0.2) is 18.0 Å². The number of nitrogens with zero attached hydrogens (tertiary/aromatic N) is 3. The fourth-order valence-corrected chi connectivity index (χ4v) is 3.57. The molecule has 12 nitrogen and oxygen atoms in total. The van der Waals surface area contributed by atoms with Crippen molar-refractivity contribution in [3.05, 3.63) is 64.6 Å². The molecular weight excluding hydrogens is 458 g/mol. The Morgan fingerprint density at radius 3 is 2.60 bits per heavy atom. The molecule has 3 amide bonds. The lowest BCUT2D eigenvalue weighted by atomic mass is 10.1. The number of aromatic amines is 1. The van der Waals surface area contributed by atoms with Gasteiger partial charge in [0.05, 0.1) is 6.61 Å². The Morgan fingerprint density at radius 1 is 1.20 bits per heavy atom. The van der Waals surface area contributed by atoms with Crippen LogP contribution >= 0.6 is 0 Å². The SMILES string of the molecule is CN(C)C(=O)c1cccc(N2CCO[C@H]([C@@H](O)C(=O)Nc3ccc(-c4noc(=O)[nH]4)cc3)C2=O)c1. The summed E-state index contributed by atoms with van der Waals surface area (Å²) >= 11 is 0. The fraction of sp³-hybridized carbons (Fsp3) is 0.261. The van der Waals surface area contributed by atoms with Crippen molar-refractivity contribution in [1.29, 1.82) is 0 Å². The Bertz CT molecular complexity index is 1300. The summed E-state index contributed by atoms with van der Waals surface area (Å²) in [6.07, 6.45) is -3.19. The molecule has 182 valence electrons. The predicted molar refractivity (Wildman–Crippen MR) is 124 cm³/mol. The molecule has 3 N–H and O–H groups in total. The lowest BCUT2D eigenvalue weighted by Gasteiger charge is -2.34. The molecular formula is C23H23N5O7. The van der Waals surface area contributed by atoms with Crippen LogP contribution in [0.2, 0.25) is 0 Å². The zero-order chi connectivity index (χ0) is 25.1. The molecule has 0 radical (unpaired) electrons. The van der Waals surface area contributed by atoms with E-state index in [4.69, 9.17) is 4.74 Å². The molecule has 35 heavy (non-hydrogen) atoms. The fourth-order valence-electron chi connectivity index (χ4n) is 3.57. The smallest absolute Gasteiger partial charge is 0.380 e. The monoisotopic (exact) mass is 481 g/mol. The normalized spacial score (nSPS) is 16.6. The Labute approximate surface area is 199 Å². The van der Waals surface area contributed by atoms with Gasteiger partial charge in [0.25, 0.3) is 17.7 Å². The average Bonchev–Trinajstić information content (AvgIpc) is 3.30. The van der Waals surface area contributed by atoms with Gasteiger partial charge in [-0.25, -0.2) is 4.79 Å². The standard InChI is InChI=1S/C23H23N5O7/c1-27(2)21(31)14-4-3-5-16(12-14)28-10-11-34-18(22(28)32)17(29)20(30)24-15-8-6-13(7-9-15)19-25-23(33)35-26-19/h3-9,12,17-18,29H,10-11H2,1-2H3,(H,24,30)(H,25,26,33)/t17-,18-/m1/s1. The van der Waals surface area contributed by atoms with Crippen molar-refractivity contribution in [2.45, 2.75) is 12.2 Å². The Balaban J connectivity index is 1.44. The van der Waals surface area contributed by atoms with Crippen molar-refractivity contribution in [1.82, 2.24) is 15.0 Å². The third kappa shape index (κ3) is 5.13. The van der Waals surface area contributed by atoms with Gasteiger partial charge in [0.1, 0.15) is 0 Å². The van der Waals surface area contributed by atoms with E-state index in [1.165, 1.54) is 21.9 Å². The van der Waals surface area contributed by atoms with E-state index in [-0.39, 0.29) is 24.9 Å². The number of anilines is 2. The Morgan fingerprint density at radius 2 is 1.94 bits per heavy atom. The summed E-state index contributed by atoms with van der Waals surface area (Å²) in [5.74, 6) is -2.11. The van der Waals surface area contributed by atoms with Crippen LogP contribution in [-0.2, 0) is 14.3 Å². The first-order chi connectivity index (χ1) is 16.7. The van der Waals surface area contributed by atoms with Crippen LogP contribution in [-0.4, -0.2) is 77.3 Å². The van der Waals surface area contributed by atoms with Gasteiger partial charge >= 0.3 is 5.76 Å². The summed E-state index contributed by atoms with van der Waals surface area (Å²) in [7, 11) is 3.26. The van der Waals surface area contributed by atoms with Crippen molar-refractivity contribution in [2.24, 2.45) is 0 Å². The number of hydrogen-bond acceptors (Lipinski definition) is 8. The molecule has 2 aromatic carbocycles. The average molecular weight is 481 g/mol. The molecule has 1 fully saturated rings. The zero-order valence-corrected chi connectivity index (χ0v) is 18.9. The van der Waals surface area contributed by atoms with Crippen LogP contribution in [0.25, 0.3) is 11.4 Å². The summed E-state index contributed by atoms with van der Waals surface area (Å²) in [6, 6.07) is 12.8. The maximum Gasteiger partial charge on any atom is 0.439 e. The van der Waals surface area contributed by atoms with Crippen LogP contribution in [0, 0.1) is 0 Å². The maximum atomic E-state index is 13.1. The first kappa shape index (κ1) is 23.9. The van der Waals surface area contributed by atoms with Gasteiger partial charge in [0, 0.05) is 43.1 Å². The number of amides is 3. The third-order valence-electron chi connectivity index (χ3n) is 5.35. The quantitative estimate of drug-likeness (QED) is 0.458. The number of morpholine rings is 1. The van der Waals surface area contributed by atoms with E-state index in [1.807, 2.05) is 0 Å². The number of aromatic nitrogens is 2. The molecule has 1 saturated heterocycles. The van der Waals surface area contributed by atoms with Crippen molar-refractivity contribution in [2.75, 3.05) is 37.5 Å². The molecule has 1 aliphatic heterocycles. The number of benzene rings is 2. The van der Waals surface area contributed by atoms with Crippen LogP contribution in [0.4, 0.5) is 11.4 Å². The molecule has 0 unspecified atom stereocenters. The van der Waals surface area contributed by atoms with E-state index in [9.17, 15) is 24.3 Å². The predicted octanol–water partition coefficient (Wildman–Crippen LogP) is 0.463. The van der Waals surface area contributed by atoms with Crippen molar-refractivity contribution in [3.63, 3.8) is 0 Å². The number of aliphatic hydroxyl groups excluding tert-OH is 1. The molecule has 0 saturated carbocycles. The maximum absolute atomic E-state index is 13.1. The number of H-pyrrole nitrogens is 1. The molecule has 4 rings (SSSR count). The summed E-state index contributed by atoms with van der Waals surface area (Å²) in [5.41, 5.74) is 1.76. The van der Waals surface area contributed by atoms with Crippen LogP contribution in [0.3, 0.4) is 0 Å². The largest absolute Gasteiger partial charge is 0.439 e. The van der Waals surface area contributed by atoms with E-state index in [1.54, 1.807) is 50.5 Å². The van der Waals surface area contributed by atoms with Crippen LogP contribution in [0.5, 0.6) is 0 Å². The van der Waals surface area contributed by atoms with Gasteiger partial charge in [0.2, 0.25) is 0 Å². The molecule has 12 heteroatoms. The van der Waals surface area contributed by atoms with Crippen molar-refractivity contribution < 1.29 is 28.8 Å². The van der Waals surface area contributed by atoms with Crippen LogP contribution < -0.4 is 16.0 Å². The minimum atomic E-state index is -1.77. The van der Waals surface area contributed by atoms with Crippen LogP contribution in [0.15, 0.2) is 57.8 Å². The van der Waals surface area contributed by atoms with Gasteiger partial charge in [-0.05, 0) is 42.5 Å². The highest BCUT2D eigenvalue weighted by Crippen LogP contribution is 2.23. The number of hydrogen-bond donors (Lipinski definition) is 3. The lowest BCUT2D eigenvalue weighted by molar-refractivity contribution is -0.150. The number of rotatable bonds is 6. The minimum absolute atomic E-state index is 0.0944. The van der Waals surface area contributed by atoms with Crippen LogP contribution in [0.1, 0.15) is 10.4 Å². The minimum Gasteiger partial charge on any atom is -0.380 e. The van der Waals surface area contributed by atoms with Gasteiger partial charge < -0.3 is 25.0 Å². The van der Waals surface area contributed by atoms with Gasteiger partial charge in [-0.15, -0.1) is 0 Å². The highest BCUT2D eigenvalue weighted by Gasteiger charge is 2.39. The second kappa shape index (κ2) is 9.91. The zero-order valence-electron chi connectivity index (χ0n) is 18.9. The Kier molecular flexibility index (Phi) is 6.75. The van der Waals surface area contributed by atoms with E-state index >= 15 is 0 Å². The number of carbonyl (C=O) groups excluding carboxylic acids is 3. The van der Waals surface area contributed by atoms with E-state index in [2.05, 4.69) is 20.0 Å². The topological polar surface area (TPSA) is 158 Å². The van der Waals surface area contributed by atoms with Gasteiger partial charge in [-0.1, -0.05) is 11.2 Å². The summed E-state index contributed by atoms with van der Waals surface area (Å²) in [6.45, 7) is 0.298. The molecule has 0 bridgehead atoms. The first-order valence-electron chi connectivity index (χ1n) is 10.6. The Hall–Kier alpha value is -4.29. The summed E-state index contributed by atoms with van der Waals surface area (Å²) in [4.78, 5) is 54.3. The molecule has 2 heterocycles. The number of aliphatic hydroxyl groups is 1. The van der Waals surface area contributed by atoms with Gasteiger partial charge in [-0.2, -0.15) is 0 Å². The number of ether oxygens (including phenoxy) is 1. The number of carbonyl (C=O) groups is 3. The molecule has 3 aromatic rings. The van der Waals surface area contributed by atoms with E-state index in [0.717, 1.165) is 0 Å². The lowest BCUT2D eigenvalue weighted by Crippen LogP contribution is -2.55. The first-order valence-corrected chi connectivity index (χ1v) is 10.6. The highest BCUT2D eigenvalue weighted by molar-refractivity contribution is 6.04. The third-order valence-corrected chi connectivity index (χ3v) is 5.35. The second-order valence-corrected chi connectivity index (χ2v) is 7.99. The summed E-state index contributed by atoms with van der Waals surface area (Å²) in [5, 5.41) is 16.7. The highest BCUT2D eigenvalue weighted by atomic mass is 16.5. The number of nitrogens with one attached hydrogen (secondary N) is 2. The molecule has 0 aliphatic carbocycles.